The standard InChI is InChI=1S/C25H36O2/c1-9-14-25(8,19-12-10-17(26)15-21(19)23(2,3)4)20-13-11-18(27)16-22(20)24(5,6)7/h10-13,15-16,26-27H,9,14H2,1-8H3. The summed E-state index contributed by atoms with van der Waals surface area (Å²) in [6.07, 6.45) is 2.04. The van der Waals surface area contributed by atoms with Crippen molar-refractivity contribution in [2.75, 3.05) is 0 Å². The van der Waals surface area contributed by atoms with Crippen molar-refractivity contribution in [3.8, 4) is 11.5 Å². The molecule has 0 unspecified atom stereocenters. The molecular formula is C25H36O2. The first-order valence-corrected chi connectivity index (χ1v) is 9.98. The lowest BCUT2D eigenvalue weighted by molar-refractivity contribution is 0.448. The summed E-state index contributed by atoms with van der Waals surface area (Å²) in [6, 6.07) is 11.6. The van der Waals surface area contributed by atoms with Gasteiger partial charge in [-0.1, -0.05) is 73.9 Å². The van der Waals surface area contributed by atoms with Crippen LogP contribution in [0, 0.1) is 0 Å². The van der Waals surface area contributed by atoms with Crippen molar-refractivity contribution in [3.63, 3.8) is 0 Å². The summed E-state index contributed by atoms with van der Waals surface area (Å²) < 4.78 is 0. The molecule has 2 N–H and O–H groups in total. The van der Waals surface area contributed by atoms with Crippen LogP contribution < -0.4 is 0 Å². The zero-order valence-corrected chi connectivity index (χ0v) is 18.3. The lowest BCUT2D eigenvalue weighted by Crippen LogP contribution is -2.31. The highest BCUT2D eigenvalue weighted by molar-refractivity contribution is 5.53. The number of rotatable bonds is 4. The van der Waals surface area contributed by atoms with Gasteiger partial charge in [-0.15, -0.1) is 0 Å². The van der Waals surface area contributed by atoms with E-state index < -0.39 is 0 Å². The molecule has 2 aromatic carbocycles. The van der Waals surface area contributed by atoms with Gasteiger partial charge in [-0.05, 0) is 63.8 Å². The van der Waals surface area contributed by atoms with Crippen LogP contribution in [0.25, 0.3) is 0 Å². The van der Waals surface area contributed by atoms with Gasteiger partial charge in [-0.25, -0.2) is 0 Å². The van der Waals surface area contributed by atoms with Crippen molar-refractivity contribution in [2.24, 2.45) is 0 Å². The first kappa shape index (κ1) is 21.3. The molecule has 0 saturated heterocycles. The third-order valence-corrected chi connectivity index (χ3v) is 5.56. The number of phenolic OH excluding ortho intramolecular Hbond substituents is 2. The summed E-state index contributed by atoms with van der Waals surface area (Å²) in [4.78, 5) is 0. The number of benzene rings is 2. The van der Waals surface area contributed by atoms with Crippen LogP contribution in [0.15, 0.2) is 36.4 Å². The second-order valence-electron chi connectivity index (χ2n) is 10.0. The van der Waals surface area contributed by atoms with Gasteiger partial charge in [-0.2, -0.15) is 0 Å². The van der Waals surface area contributed by atoms with Crippen molar-refractivity contribution in [1.29, 1.82) is 0 Å². The molecule has 148 valence electrons. The lowest BCUT2D eigenvalue weighted by Gasteiger charge is -2.39. The Morgan fingerprint density at radius 2 is 1.00 bits per heavy atom. The second-order valence-corrected chi connectivity index (χ2v) is 10.0. The maximum Gasteiger partial charge on any atom is 0.115 e. The normalized spacial score (nSPS) is 13.0. The molecule has 0 amide bonds. The average molecular weight is 369 g/mol. The Balaban J connectivity index is 2.87. The Bertz CT molecular complexity index is 741. The quantitative estimate of drug-likeness (QED) is 0.623. The van der Waals surface area contributed by atoms with Crippen LogP contribution in [0.2, 0.25) is 0 Å². The lowest BCUT2D eigenvalue weighted by atomic mass is 9.64. The maximum atomic E-state index is 10.2. The van der Waals surface area contributed by atoms with E-state index in [0.717, 1.165) is 12.8 Å². The highest BCUT2D eigenvalue weighted by atomic mass is 16.3. The van der Waals surface area contributed by atoms with Gasteiger partial charge in [0.25, 0.3) is 0 Å². The maximum absolute atomic E-state index is 10.2. The van der Waals surface area contributed by atoms with E-state index in [9.17, 15) is 10.2 Å². The molecule has 0 aliphatic carbocycles. The summed E-state index contributed by atoms with van der Waals surface area (Å²) in [5, 5.41) is 20.3. The summed E-state index contributed by atoms with van der Waals surface area (Å²) in [5.74, 6) is 0.619. The average Bonchev–Trinajstić information content (AvgIpc) is 2.53. The van der Waals surface area contributed by atoms with Crippen LogP contribution >= 0.6 is 0 Å². The first-order valence-electron chi connectivity index (χ1n) is 9.98. The molecule has 0 atom stereocenters. The Morgan fingerprint density at radius 1 is 0.630 bits per heavy atom. The van der Waals surface area contributed by atoms with Gasteiger partial charge in [0.2, 0.25) is 0 Å². The molecule has 0 bridgehead atoms. The zero-order chi connectivity index (χ0) is 20.6. The van der Waals surface area contributed by atoms with Gasteiger partial charge in [0, 0.05) is 5.41 Å². The second kappa shape index (κ2) is 7.22. The minimum absolute atomic E-state index is 0.0815. The van der Waals surface area contributed by atoms with Gasteiger partial charge in [-0.3, -0.25) is 0 Å². The highest BCUT2D eigenvalue weighted by Crippen LogP contribution is 2.46. The molecule has 0 aliphatic heterocycles. The van der Waals surface area contributed by atoms with Crippen molar-refractivity contribution in [1.82, 2.24) is 0 Å². The fourth-order valence-corrected chi connectivity index (χ4v) is 4.18. The van der Waals surface area contributed by atoms with E-state index in [2.05, 4.69) is 67.5 Å². The third kappa shape index (κ3) is 4.31. The molecule has 0 aliphatic rings. The van der Waals surface area contributed by atoms with Crippen molar-refractivity contribution < 1.29 is 10.2 Å². The van der Waals surface area contributed by atoms with E-state index in [-0.39, 0.29) is 16.2 Å². The molecule has 0 aromatic heterocycles. The van der Waals surface area contributed by atoms with Crippen molar-refractivity contribution in [2.45, 2.75) is 84.5 Å². The summed E-state index contributed by atoms with van der Waals surface area (Å²) in [5.41, 5.74) is 4.49. The van der Waals surface area contributed by atoms with Crippen LogP contribution in [0.4, 0.5) is 0 Å². The van der Waals surface area contributed by atoms with E-state index in [4.69, 9.17) is 0 Å². The number of hydrogen-bond donors (Lipinski definition) is 2. The smallest absolute Gasteiger partial charge is 0.115 e. The van der Waals surface area contributed by atoms with Gasteiger partial charge in [0.1, 0.15) is 11.5 Å². The summed E-state index contributed by atoms with van der Waals surface area (Å²) in [7, 11) is 0. The minimum Gasteiger partial charge on any atom is -0.508 e. The SMILES string of the molecule is CCCC(C)(c1ccc(O)cc1C(C)(C)C)c1ccc(O)cc1C(C)(C)C. The fourth-order valence-electron chi connectivity index (χ4n) is 4.18. The molecule has 0 radical (unpaired) electrons. The number of phenols is 2. The van der Waals surface area contributed by atoms with Crippen molar-refractivity contribution >= 4 is 0 Å². The Morgan fingerprint density at radius 3 is 1.30 bits per heavy atom. The first-order chi connectivity index (χ1) is 12.3. The van der Waals surface area contributed by atoms with Gasteiger partial charge in [0.05, 0.1) is 0 Å². The van der Waals surface area contributed by atoms with Crippen LogP contribution in [0.1, 0.15) is 90.5 Å². The predicted molar refractivity (Wildman–Crippen MR) is 115 cm³/mol. The van der Waals surface area contributed by atoms with Crippen molar-refractivity contribution in [3.05, 3.63) is 58.7 Å². The highest BCUT2D eigenvalue weighted by Gasteiger charge is 2.36. The molecule has 2 rings (SSSR count). The van der Waals surface area contributed by atoms with Gasteiger partial charge < -0.3 is 10.2 Å². The molecular weight excluding hydrogens is 332 g/mol. The molecule has 2 nitrogen and oxygen atoms in total. The fraction of sp³-hybridized carbons (Fsp3) is 0.520. The van der Waals surface area contributed by atoms with E-state index >= 15 is 0 Å². The Kier molecular flexibility index (Phi) is 5.71. The monoisotopic (exact) mass is 368 g/mol. The molecule has 2 heteroatoms. The third-order valence-electron chi connectivity index (χ3n) is 5.56. The molecule has 27 heavy (non-hydrogen) atoms. The van der Waals surface area contributed by atoms with E-state index in [1.807, 2.05) is 12.1 Å². The molecule has 0 fully saturated rings. The molecule has 0 spiro atoms. The van der Waals surface area contributed by atoms with Gasteiger partial charge >= 0.3 is 0 Å². The van der Waals surface area contributed by atoms with E-state index in [1.165, 1.54) is 22.3 Å². The topological polar surface area (TPSA) is 40.5 Å². The molecule has 0 saturated carbocycles. The van der Waals surface area contributed by atoms with E-state index in [0.29, 0.717) is 11.5 Å². The molecule has 0 heterocycles. The number of aromatic hydroxyl groups is 2. The zero-order valence-electron chi connectivity index (χ0n) is 18.3. The Hall–Kier alpha value is -1.96. The van der Waals surface area contributed by atoms with Crippen LogP contribution in [-0.4, -0.2) is 10.2 Å². The van der Waals surface area contributed by atoms with Gasteiger partial charge in [0.15, 0.2) is 0 Å². The Labute approximate surface area is 165 Å². The summed E-state index contributed by atoms with van der Waals surface area (Å²) in [6.45, 7) is 17.7. The largest absolute Gasteiger partial charge is 0.508 e. The predicted octanol–water partition coefficient (Wildman–Crippen LogP) is 6.80. The minimum atomic E-state index is -0.207. The van der Waals surface area contributed by atoms with Crippen LogP contribution in [0.5, 0.6) is 11.5 Å². The van der Waals surface area contributed by atoms with Crippen LogP contribution in [0.3, 0.4) is 0 Å². The summed E-state index contributed by atoms with van der Waals surface area (Å²) >= 11 is 0. The van der Waals surface area contributed by atoms with E-state index in [1.54, 1.807) is 12.1 Å². The number of hydrogen-bond acceptors (Lipinski definition) is 2. The molecule has 2 aromatic rings. The van der Waals surface area contributed by atoms with Crippen LogP contribution in [-0.2, 0) is 16.2 Å².